The van der Waals surface area contributed by atoms with E-state index in [1.165, 1.54) is 19.3 Å². The van der Waals surface area contributed by atoms with E-state index < -0.39 is 0 Å². The Morgan fingerprint density at radius 1 is 1.28 bits per heavy atom. The van der Waals surface area contributed by atoms with E-state index in [9.17, 15) is 4.79 Å². The quantitative estimate of drug-likeness (QED) is 0.859. The van der Waals surface area contributed by atoms with E-state index >= 15 is 0 Å². The first-order valence-electron chi connectivity index (χ1n) is 7.14. The molecular weight excluding hydrogens is 248 g/mol. The van der Waals surface area contributed by atoms with Gasteiger partial charge in [-0.25, -0.2) is 0 Å². The number of nitrogens with zero attached hydrogens (tertiary/aromatic N) is 1. The highest BCUT2D eigenvalue weighted by atomic mass is 35.5. The molecule has 4 heteroatoms. The fourth-order valence-electron chi connectivity index (χ4n) is 3.75. The van der Waals surface area contributed by atoms with Gasteiger partial charge in [0.1, 0.15) is 0 Å². The molecule has 2 N–H and O–H groups in total. The van der Waals surface area contributed by atoms with Gasteiger partial charge in [-0.2, -0.15) is 0 Å². The summed E-state index contributed by atoms with van der Waals surface area (Å²) in [6.07, 6.45) is 6.89. The second kappa shape index (κ2) is 6.76. The average Bonchev–Trinajstić information content (AvgIpc) is 2.28. The maximum atomic E-state index is 12.3. The van der Waals surface area contributed by atoms with Crippen LogP contribution in [0.5, 0.6) is 0 Å². The number of carbonyl (C=O) groups is 1. The van der Waals surface area contributed by atoms with Crippen LogP contribution in [0.2, 0.25) is 0 Å². The number of nitrogens with two attached hydrogens (primary N) is 1. The van der Waals surface area contributed by atoms with E-state index in [0.717, 1.165) is 25.8 Å². The fraction of sp³-hybridized carbons (Fsp3) is 0.929. The first-order chi connectivity index (χ1) is 8.13. The number of hydrogen-bond donors (Lipinski definition) is 1. The predicted octanol–water partition coefficient (Wildman–Crippen LogP) is 2.43. The number of amides is 1. The fourth-order valence-corrected chi connectivity index (χ4v) is 3.75. The summed E-state index contributed by atoms with van der Waals surface area (Å²) in [6, 6.07) is 0.365. The Kier molecular flexibility index (Phi) is 5.93. The summed E-state index contributed by atoms with van der Waals surface area (Å²) in [5, 5.41) is 0. The van der Waals surface area contributed by atoms with Gasteiger partial charge in [0.25, 0.3) is 0 Å². The van der Waals surface area contributed by atoms with Gasteiger partial charge in [-0.15, -0.1) is 12.4 Å². The summed E-state index contributed by atoms with van der Waals surface area (Å²) in [7, 11) is 1.94. The zero-order valence-electron chi connectivity index (χ0n) is 11.6. The number of halogens is 1. The Labute approximate surface area is 117 Å². The molecule has 2 bridgehead atoms. The summed E-state index contributed by atoms with van der Waals surface area (Å²) < 4.78 is 0. The monoisotopic (exact) mass is 274 g/mol. The molecule has 1 amide bonds. The van der Waals surface area contributed by atoms with Crippen molar-refractivity contribution in [3.05, 3.63) is 0 Å². The van der Waals surface area contributed by atoms with Gasteiger partial charge >= 0.3 is 0 Å². The highest BCUT2D eigenvalue weighted by Crippen LogP contribution is 2.42. The lowest BCUT2D eigenvalue weighted by atomic mass is 9.65. The third-order valence-electron chi connectivity index (χ3n) is 4.70. The van der Waals surface area contributed by atoms with Crippen molar-refractivity contribution in [1.82, 2.24) is 4.90 Å². The Bertz CT molecular complexity index is 271. The lowest BCUT2D eigenvalue weighted by Crippen LogP contribution is -2.49. The van der Waals surface area contributed by atoms with E-state index in [1.54, 1.807) is 0 Å². The van der Waals surface area contributed by atoms with Gasteiger partial charge in [0, 0.05) is 25.6 Å². The molecule has 0 aliphatic heterocycles. The van der Waals surface area contributed by atoms with Gasteiger partial charge in [0.05, 0.1) is 0 Å². The molecule has 0 spiro atoms. The Morgan fingerprint density at radius 3 is 2.33 bits per heavy atom. The molecule has 2 rings (SSSR count). The van der Waals surface area contributed by atoms with Crippen LogP contribution in [0.3, 0.4) is 0 Å². The van der Waals surface area contributed by atoms with Crippen molar-refractivity contribution >= 4 is 18.3 Å². The van der Waals surface area contributed by atoms with Crippen molar-refractivity contribution in [2.75, 3.05) is 13.6 Å². The second-order valence-electron chi connectivity index (χ2n) is 5.96. The van der Waals surface area contributed by atoms with Crippen molar-refractivity contribution in [2.24, 2.45) is 23.5 Å². The maximum Gasteiger partial charge on any atom is 0.225 e. The first kappa shape index (κ1) is 15.8. The Morgan fingerprint density at radius 2 is 1.83 bits per heavy atom. The predicted molar refractivity (Wildman–Crippen MR) is 76.7 cm³/mol. The van der Waals surface area contributed by atoms with Gasteiger partial charge in [0.2, 0.25) is 5.91 Å². The van der Waals surface area contributed by atoms with Gasteiger partial charge in [-0.3, -0.25) is 4.79 Å². The van der Waals surface area contributed by atoms with Gasteiger partial charge in [0.15, 0.2) is 0 Å². The van der Waals surface area contributed by atoms with Crippen LogP contribution in [-0.2, 0) is 4.79 Å². The molecule has 0 aromatic carbocycles. The van der Waals surface area contributed by atoms with Gasteiger partial charge in [-0.05, 0) is 43.9 Å². The van der Waals surface area contributed by atoms with Crippen LogP contribution in [0.4, 0.5) is 0 Å². The molecule has 106 valence electrons. The molecule has 3 nitrogen and oxygen atoms in total. The molecular formula is C14H27ClN2O. The minimum atomic E-state index is 0. The number of hydrogen-bond acceptors (Lipinski definition) is 2. The Hall–Kier alpha value is -0.280. The molecule has 0 aromatic heterocycles. The molecule has 2 atom stereocenters. The zero-order chi connectivity index (χ0) is 12.4. The standard InChI is InChI=1S/C14H26N2O.ClH/c1-3-7-16(2)14(17)12-8-10-5-4-6-11(9-12)13(10)15;/h10-13H,3-9,15H2,1-2H3;1H. The van der Waals surface area contributed by atoms with Crippen LogP contribution in [0.1, 0.15) is 45.4 Å². The average molecular weight is 275 g/mol. The first-order valence-corrected chi connectivity index (χ1v) is 7.14. The van der Waals surface area contributed by atoms with E-state index in [4.69, 9.17) is 5.73 Å². The largest absolute Gasteiger partial charge is 0.346 e. The molecule has 2 aliphatic rings. The van der Waals surface area contributed by atoms with Crippen LogP contribution in [0.25, 0.3) is 0 Å². The molecule has 18 heavy (non-hydrogen) atoms. The summed E-state index contributed by atoms with van der Waals surface area (Å²) >= 11 is 0. The van der Waals surface area contributed by atoms with E-state index in [0.29, 0.717) is 23.8 Å². The number of rotatable bonds is 3. The highest BCUT2D eigenvalue weighted by Gasteiger charge is 2.41. The number of carbonyl (C=O) groups excluding carboxylic acids is 1. The Balaban J connectivity index is 0.00000162. The molecule has 0 saturated heterocycles. The van der Waals surface area contributed by atoms with Crippen molar-refractivity contribution in [3.63, 3.8) is 0 Å². The third kappa shape index (κ3) is 3.18. The SMILES string of the molecule is CCCN(C)C(=O)C1CC2CCCC(C1)C2N.Cl. The molecule has 0 radical (unpaired) electrons. The second-order valence-corrected chi connectivity index (χ2v) is 5.96. The van der Waals surface area contributed by atoms with Crippen molar-refractivity contribution in [2.45, 2.75) is 51.5 Å². The topological polar surface area (TPSA) is 46.3 Å². The third-order valence-corrected chi connectivity index (χ3v) is 4.70. The summed E-state index contributed by atoms with van der Waals surface area (Å²) in [5.41, 5.74) is 6.26. The smallest absolute Gasteiger partial charge is 0.225 e. The minimum Gasteiger partial charge on any atom is -0.346 e. The van der Waals surface area contributed by atoms with Gasteiger partial charge in [-0.1, -0.05) is 13.3 Å². The molecule has 2 saturated carbocycles. The van der Waals surface area contributed by atoms with E-state index in [1.807, 2.05) is 11.9 Å². The van der Waals surface area contributed by atoms with Crippen LogP contribution >= 0.6 is 12.4 Å². The highest BCUT2D eigenvalue weighted by molar-refractivity contribution is 5.85. The summed E-state index contributed by atoms with van der Waals surface area (Å²) in [6.45, 7) is 3.01. The molecule has 0 aromatic rings. The molecule has 2 fully saturated rings. The van der Waals surface area contributed by atoms with Crippen molar-refractivity contribution < 1.29 is 4.79 Å². The lowest BCUT2D eigenvalue weighted by molar-refractivity contribution is -0.137. The number of fused-ring (bicyclic) bond motifs is 2. The van der Waals surface area contributed by atoms with Crippen LogP contribution in [0.15, 0.2) is 0 Å². The summed E-state index contributed by atoms with van der Waals surface area (Å²) in [5.74, 6) is 1.82. The lowest BCUT2D eigenvalue weighted by Gasteiger charge is -2.44. The van der Waals surface area contributed by atoms with E-state index in [2.05, 4.69) is 6.92 Å². The molecule has 2 unspecified atom stereocenters. The van der Waals surface area contributed by atoms with Crippen molar-refractivity contribution in [1.29, 1.82) is 0 Å². The van der Waals surface area contributed by atoms with Crippen LogP contribution < -0.4 is 5.73 Å². The van der Waals surface area contributed by atoms with Crippen molar-refractivity contribution in [3.8, 4) is 0 Å². The maximum absolute atomic E-state index is 12.3. The minimum absolute atomic E-state index is 0. The molecule has 0 heterocycles. The summed E-state index contributed by atoms with van der Waals surface area (Å²) in [4.78, 5) is 14.2. The molecule has 2 aliphatic carbocycles. The zero-order valence-corrected chi connectivity index (χ0v) is 12.4. The van der Waals surface area contributed by atoms with E-state index in [-0.39, 0.29) is 18.3 Å². The van der Waals surface area contributed by atoms with Gasteiger partial charge < -0.3 is 10.6 Å². The normalized spacial score (nSPS) is 34.6. The van der Waals surface area contributed by atoms with Crippen LogP contribution in [-0.4, -0.2) is 30.4 Å². The van der Waals surface area contributed by atoms with Crippen LogP contribution in [0, 0.1) is 17.8 Å².